The summed E-state index contributed by atoms with van der Waals surface area (Å²) in [7, 11) is 1.89. The molecule has 1 aliphatic heterocycles. The van der Waals surface area contributed by atoms with Crippen LogP contribution in [0.15, 0.2) is 48.8 Å². The van der Waals surface area contributed by atoms with Crippen LogP contribution in [0.3, 0.4) is 0 Å². The third kappa shape index (κ3) is 5.00. The molecule has 0 spiro atoms. The Morgan fingerprint density at radius 2 is 2.10 bits per heavy atom. The van der Waals surface area contributed by atoms with Crippen molar-refractivity contribution in [2.24, 2.45) is 7.05 Å². The predicted molar refractivity (Wildman–Crippen MR) is 80.3 cm³/mol. The molecule has 1 aromatic carbocycles. The van der Waals surface area contributed by atoms with E-state index in [0.29, 0.717) is 13.0 Å². The van der Waals surface area contributed by atoms with Gasteiger partial charge in [0.1, 0.15) is 0 Å². The number of aromatic nitrogens is 2. The quantitative estimate of drug-likeness (QED) is 0.639. The second-order valence-electron chi connectivity index (χ2n) is 5.13. The zero-order chi connectivity index (χ0) is 15.1. The van der Waals surface area contributed by atoms with Crippen molar-refractivity contribution < 1.29 is 4.92 Å². The third-order valence-corrected chi connectivity index (χ3v) is 3.43. The van der Waals surface area contributed by atoms with Gasteiger partial charge in [-0.25, -0.2) is 0 Å². The number of nitrogens with zero attached hydrogens (tertiary/aromatic N) is 4. The van der Waals surface area contributed by atoms with Gasteiger partial charge < -0.3 is 0 Å². The molecule has 1 aliphatic rings. The first-order valence-electron chi connectivity index (χ1n) is 6.98. The summed E-state index contributed by atoms with van der Waals surface area (Å²) in [6.45, 7) is 2.24. The molecule has 2 aromatic rings. The smallest absolute Gasteiger partial charge is 0.226 e. The SMILES string of the molecule is Cn1cccn1.O=[N+]([O-])C1CCN(Cc2ccccc2)C1. The van der Waals surface area contributed by atoms with E-state index in [1.807, 2.05) is 37.5 Å². The van der Waals surface area contributed by atoms with Crippen LogP contribution >= 0.6 is 0 Å². The lowest BCUT2D eigenvalue weighted by molar-refractivity contribution is -0.518. The van der Waals surface area contributed by atoms with Crippen LogP contribution in [0.5, 0.6) is 0 Å². The molecular formula is C15H20N4O2. The third-order valence-electron chi connectivity index (χ3n) is 3.43. The van der Waals surface area contributed by atoms with Crippen LogP contribution in [0.25, 0.3) is 0 Å². The Labute approximate surface area is 124 Å². The van der Waals surface area contributed by atoms with E-state index in [1.165, 1.54) is 5.56 Å². The van der Waals surface area contributed by atoms with Crippen molar-refractivity contribution in [3.05, 3.63) is 64.5 Å². The molecule has 0 aliphatic carbocycles. The molecule has 0 radical (unpaired) electrons. The minimum Gasteiger partial charge on any atom is -0.292 e. The zero-order valence-electron chi connectivity index (χ0n) is 12.1. The minimum absolute atomic E-state index is 0.162. The topological polar surface area (TPSA) is 64.2 Å². The van der Waals surface area contributed by atoms with Gasteiger partial charge in [-0.05, 0) is 11.6 Å². The van der Waals surface area contributed by atoms with E-state index >= 15 is 0 Å². The minimum atomic E-state index is -0.367. The Kier molecular flexibility index (Phi) is 5.45. The molecule has 1 fully saturated rings. The number of hydrogen-bond acceptors (Lipinski definition) is 4. The fourth-order valence-corrected chi connectivity index (χ4v) is 2.31. The van der Waals surface area contributed by atoms with Gasteiger partial charge in [0.05, 0.1) is 6.54 Å². The van der Waals surface area contributed by atoms with Crippen molar-refractivity contribution in [3.8, 4) is 0 Å². The molecule has 1 unspecified atom stereocenters. The average molecular weight is 288 g/mol. The fourth-order valence-electron chi connectivity index (χ4n) is 2.31. The zero-order valence-corrected chi connectivity index (χ0v) is 12.1. The largest absolute Gasteiger partial charge is 0.292 e. The summed E-state index contributed by atoms with van der Waals surface area (Å²) in [5.74, 6) is 0. The summed E-state index contributed by atoms with van der Waals surface area (Å²) < 4.78 is 1.75. The highest BCUT2D eigenvalue weighted by Gasteiger charge is 2.30. The highest BCUT2D eigenvalue weighted by molar-refractivity contribution is 5.14. The first-order valence-corrected chi connectivity index (χ1v) is 6.98. The molecule has 1 aromatic heterocycles. The fraction of sp³-hybridized carbons (Fsp3) is 0.400. The lowest BCUT2D eigenvalue weighted by Crippen LogP contribution is -2.25. The number of likely N-dealkylation sites (tertiary alicyclic amines) is 1. The van der Waals surface area contributed by atoms with Crippen LogP contribution in [0, 0.1) is 10.1 Å². The Morgan fingerprint density at radius 1 is 1.33 bits per heavy atom. The molecule has 0 bridgehead atoms. The van der Waals surface area contributed by atoms with E-state index in [0.717, 1.165) is 13.1 Å². The van der Waals surface area contributed by atoms with Gasteiger partial charge in [-0.15, -0.1) is 0 Å². The van der Waals surface area contributed by atoms with E-state index in [9.17, 15) is 10.1 Å². The molecule has 1 saturated heterocycles. The molecule has 6 nitrogen and oxygen atoms in total. The molecule has 1 atom stereocenters. The first-order chi connectivity index (χ1) is 10.1. The van der Waals surface area contributed by atoms with Gasteiger partial charge in [-0.1, -0.05) is 30.3 Å². The van der Waals surface area contributed by atoms with Crippen molar-refractivity contribution in [1.29, 1.82) is 0 Å². The summed E-state index contributed by atoms with van der Waals surface area (Å²) in [4.78, 5) is 12.6. The molecular weight excluding hydrogens is 268 g/mol. The summed E-state index contributed by atoms with van der Waals surface area (Å²) >= 11 is 0. The second-order valence-corrected chi connectivity index (χ2v) is 5.13. The maximum atomic E-state index is 10.6. The molecule has 2 heterocycles. The van der Waals surface area contributed by atoms with Crippen LogP contribution in [0.2, 0.25) is 0 Å². The van der Waals surface area contributed by atoms with Crippen molar-refractivity contribution in [1.82, 2.24) is 14.7 Å². The molecule has 0 amide bonds. The van der Waals surface area contributed by atoms with Gasteiger partial charge in [0.2, 0.25) is 6.04 Å². The highest BCUT2D eigenvalue weighted by atomic mass is 16.6. The Balaban J connectivity index is 0.000000225. The van der Waals surface area contributed by atoms with E-state index in [2.05, 4.69) is 22.1 Å². The predicted octanol–water partition coefficient (Wildman–Crippen LogP) is 1.96. The maximum absolute atomic E-state index is 10.6. The Bertz CT molecular complexity index is 542. The van der Waals surface area contributed by atoms with E-state index in [1.54, 1.807) is 10.9 Å². The van der Waals surface area contributed by atoms with Crippen LogP contribution < -0.4 is 0 Å². The van der Waals surface area contributed by atoms with Crippen LogP contribution in [0.1, 0.15) is 12.0 Å². The number of hydrogen-bond donors (Lipinski definition) is 0. The van der Waals surface area contributed by atoms with Crippen molar-refractivity contribution in [2.75, 3.05) is 13.1 Å². The monoisotopic (exact) mass is 288 g/mol. The van der Waals surface area contributed by atoms with Crippen molar-refractivity contribution in [2.45, 2.75) is 19.0 Å². The van der Waals surface area contributed by atoms with Crippen LogP contribution in [0.4, 0.5) is 0 Å². The number of aryl methyl sites for hydroxylation is 1. The Morgan fingerprint density at radius 3 is 2.57 bits per heavy atom. The first kappa shape index (κ1) is 15.2. The maximum Gasteiger partial charge on any atom is 0.226 e. The molecule has 112 valence electrons. The van der Waals surface area contributed by atoms with Crippen molar-refractivity contribution >= 4 is 0 Å². The Hall–Kier alpha value is -2.21. The highest BCUT2D eigenvalue weighted by Crippen LogP contribution is 2.14. The number of nitro groups is 1. The van der Waals surface area contributed by atoms with E-state index in [-0.39, 0.29) is 11.0 Å². The van der Waals surface area contributed by atoms with Crippen LogP contribution in [-0.2, 0) is 13.6 Å². The summed E-state index contributed by atoms with van der Waals surface area (Å²) in [6, 6.07) is 11.6. The summed E-state index contributed by atoms with van der Waals surface area (Å²) in [5, 5.41) is 14.4. The van der Waals surface area contributed by atoms with Gasteiger partial charge in [0.25, 0.3) is 0 Å². The van der Waals surface area contributed by atoms with E-state index in [4.69, 9.17) is 0 Å². The molecule has 3 rings (SSSR count). The van der Waals surface area contributed by atoms with Gasteiger partial charge in [0.15, 0.2) is 0 Å². The molecule has 6 heteroatoms. The summed E-state index contributed by atoms with van der Waals surface area (Å²) in [5.41, 5.74) is 1.22. The normalized spacial score (nSPS) is 18.0. The van der Waals surface area contributed by atoms with Crippen LogP contribution in [-0.4, -0.2) is 38.7 Å². The molecule has 0 N–H and O–H groups in total. The van der Waals surface area contributed by atoms with Gasteiger partial charge in [0, 0.05) is 43.9 Å². The summed E-state index contributed by atoms with van der Waals surface area (Å²) in [6.07, 6.45) is 4.32. The van der Waals surface area contributed by atoms with Crippen molar-refractivity contribution in [3.63, 3.8) is 0 Å². The van der Waals surface area contributed by atoms with Gasteiger partial charge in [-0.3, -0.25) is 19.7 Å². The number of rotatable bonds is 3. The standard InChI is InChI=1S/C11H14N2O2.C4H6N2/c14-13(15)11-6-7-12(9-11)8-10-4-2-1-3-5-10;1-6-4-2-3-5-6/h1-5,11H,6-9H2;2-4H,1H3. The van der Waals surface area contributed by atoms with E-state index < -0.39 is 0 Å². The molecule has 0 saturated carbocycles. The molecule has 21 heavy (non-hydrogen) atoms. The van der Waals surface area contributed by atoms with Gasteiger partial charge in [-0.2, -0.15) is 5.10 Å². The second kappa shape index (κ2) is 7.54. The average Bonchev–Trinajstić information content (AvgIpc) is 3.12. The number of benzene rings is 1. The van der Waals surface area contributed by atoms with Gasteiger partial charge >= 0.3 is 0 Å². The lowest BCUT2D eigenvalue weighted by Gasteiger charge is -2.13. The lowest BCUT2D eigenvalue weighted by atomic mass is 10.2.